The standard InChI is InChI=1S/C16H22N2O2.ClH/c19-15(12-20-14-4-2-1-3-5-14)18-10-7-16(8-11-18)6-9-17-13-16;/h1-5,17H,6-13H2;1H. The zero-order chi connectivity index (χ0) is 13.8. The number of amides is 1. The average molecular weight is 311 g/mol. The second-order valence-electron chi connectivity index (χ2n) is 5.91. The number of para-hydroxylation sites is 1. The van der Waals surface area contributed by atoms with Crippen molar-refractivity contribution in [2.24, 2.45) is 5.41 Å². The van der Waals surface area contributed by atoms with E-state index in [1.165, 1.54) is 6.42 Å². The Morgan fingerprint density at radius 3 is 2.52 bits per heavy atom. The SMILES string of the molecule is Cl.O=C(COc1ccccc1)N1CCC2(CCNC2)CC1. The van der Waals surface area contributed by atoms with E-state index in [-0.39, 0.29) is 24.9 Å². The molecule has 116 valence electrons. The van der Waals surface area contributed by atoms with Crippen molar-refractivity contribution in [3.05, 3.63) is 30.3 Å². The second kappa shape index (κ2) is 7.14. The first kappa shape index (κ1) is 16.1. The van der Waals surface area contributed by atoms with Gasteiger partial charge in [0.25, 0.3) is 5.91 Å². The fourth-order valence-corrected chi connectivity index (χ4v) is 3.21. The Morgan fingerprint density at radius 1 is 1.19 bits per heavy atom. The number of nitrogens with one attached hydrogen (secondary N) is 1. The smallest absolute Gasteiger partial charge is 0.260 e. The van der Waals surface area contributed by atoms with Crippen LogP contribution in [0.15, 0.2) is 30.3 Å². The van der Waals surface area contributed by atoms with Crippen molar-refractivity contribution in [2.75, 3.05) is 32.8 Å². The van der Waals surface area contributed by atoms with Crippen LogP contribution in [0.4, 0.5) is 0 Å². The highest BCUT2D eigenvalue weighted by Crippen LogP contribution is 2.36. The molecule has 1 N–H and O–H groups in total. The zero-order valence-corrected chi connectivity index (χ0v) is 13.0. The molecule has 0 radical (unpaired) electrons. The van der Waals surface area contributed by atoms with Gasteiger partial charge >= 0.3 is 0 Å². The summed E-state index contributed by atoms with van der Waals surface area (Å²) in [5.41, 5.74) is 0.455. The number of nitrogens with zero attached hydrogens (tertiary/aromatic N) is 1. The maximum absolute atomic E-state index is 12.2. The van der Waals surface area contributed by atoms with Crippen molar-refractivity contribution >= 4 is 18.3 Å². The van der Waals surface area contributed by atoms with Gasteiger partial charge in [-0.15, -0.1) is 12.4 Å². The van der Waals surface area contributed by atoms with Gasteiger partial charge in [-0.3, -0.25) is 4.79 Å². The molecular formula is C16H23ClN2O2. The maximum atomic E-state index is 12.2. The number of piperidine rings is 1. The van der Waals surface area contributed by atoms with E-state index in [1.807, 2.05) is 35.2 Å². The summed E-state index contributed by atoms with van der Waals surface area (Å²) in [6.45, 7) is 4.15. The topological polar surface area (TPSA) is 41.6 Å². The fraction of sp³-hybridized carbons (Fsp3) is 0.562. The number of hydrogen-bond donors (Lipinski definition) is 1. The first-order valence-corrected chi connectivity index (χ1v) is 7.44. The zero-order valence-electron chi connectivity index (χ0n) is 12.2. The third kappa shape index (κ3) is 3.89. The van der Waals surface area contributed by atoms with Crippen molar-refractivity contribution < 1.29 is 9.53 Å². The van der Waals surface area contributed by atoms with E-state index in [4.69, 9.17) is 4.74 Å². The molecule has 2 heterocycles. The van der Waals surface area contributed by atoms with Crippen LogP contribution in [0.5, 0.6) is 5.75 Å². The van der Waals surface area contributed by atoms with Crippen LogP contribution >= 0.6 is 12.4 Å². The minimum absolute atomic E-state index is 0. The van der Waals surface area contributed by atoms with Gasteiger partial charge in [0.05, 0.1) is 0 Å². The van der Waals surface area contributed by atoms with Gasteiger partial charge in [-0.25, -0.2) is 0 Å². The monoisotopic (exact) mass is 310 g/mol. The van der Waals surface area contributed by atoms with E-state index in [2.05, 4.69) is 5.32 Å². The van der Waals surface area contributed by atoms with Gasteiger partial charge in [0.15, 0.2) is 6.61 Å². The van der Waals surface area contributed by atoms with Crippen LogP contribution in [0, 0.1) is 5.41 Å². The van der Waals surface area contributed by atoms with Crippen LogP contribution in [0.1, 0.15) is 19.3 Å². The minimum Gasteiger partial charge on any atom is -0.484 e. The molecule has 2 fully saturated rings. The Balaban J connectivity index is 0.00000161. The maximum Gasteiger partial charge on any atom is 0.260 e. The molecule has 1 spiro atoms. The molecule has 2 saturated heterocycles. The summed E-state index contributed by atoms with van der Waals surface area (Å²) < 4.78 is 5.53. The predicted octanol–water partition coefficient (Wildman–Crippen LogP) is 2.09. The van der Waals surface area contributed by atoms with Gasteiger partial charge in [-0.1, -0.05) is 18.2 Å². The Labute approximate surface area is 132 Å². The Hall–Kier alpha value is -1.26. The van der Waals surface area contributed by atoms with Gasteiger partial charge < -0.3 is 15.0 Å². The average Bonchev–Trinajstić information content (AvgIpc) is 2.95. The van der Waals surface area contributed by atoms with Gasteiger partial charge in [0.2, 0.25) is 0 Å². The molecule has 5 heteroatoms. The highest BCUT2D eigenvalue weighted by molar-refractivity contribution is 5.85. The quantitative estimate of drug-likeness (QED) is 0.929. The van der Waals surface area contributed by atoms with Crippen molar-refractivity contribution in [1.82, 2.24) is 10.2 Å². The molecule has 0 unspecified atom stereocenters. The second-order valence-corrected chi connectivity index (χ2v) is 5.91. The van der Waals surface area contributed by atoms with E-state index >= 15 is 0 Å². The molecule has 21 heavy (non-hydrogen) atoms. The molecule has 0 aromatic heterocycles. The van der Waals surface area contributed by atoms with E-state index in [0.717, 1.165) is 44.8 Å². The van der Waals surface area contributed by atoms with Crippen molar-refractivity contribution in [3.8, 4) is 5.75 Å². The van der Waals surface area contributed by atoms with Crippen LogP contribution in [0.3, 0.4) is 0 Å². The number of halogens is 1. The number of benzene rings is 1. The summed E-state index contributed by atoms with van der Waals surface area (Å²) in [7, 11) is 0. The number of likely N-dealkylation sites (tertiary alicyclic amines) is 1. The Bertz CT molecular complexity index is 451. The molecule has 4 nitrogen and oxygen atoms in total. The van der Waals surface area contributed by atoms with Gasteiger partial charge in [-0.2, -0.15) is 0 Å². The van der Waals surface area contributed by atoms with Crippen LogP contribution in [0.25, 0.3) is 0 Å². The van der Waals surface area contributed by atoms with Crippen molar-refractivity contribution in [3.63, 3.8) is 0 Å². The molecule has 1 aromatic rings. The van der Waals surface area contributed by atoms with E-state index in [9.17, 15) is 4.79 Å². The molecule has 0 aliphatic carbocycles. The number of ether oxygens (including phenoxy) is 1. The molecule has 0 atom stereocenters. The van der Waals surface area contributed by atoms with Crippen LogP contribution < -0.4 is 10.1 Å². The molecule has 0 bridgehead atoms. The van der Waals surface area contributed by atoms with Gasteiger partial charge in [0.1, 0.15) is 5.75 Å². The van der Waals surface area contributed by atoms with Gasteiger partial charge in [0, 0.05) is 19.6 Å². The van der Waals surface area contributed by atoms with E-state index in [0.29, 0.717) is 5.41 Å². The lowest BCUT2D eigenvalue weighted by Gasteiger charge is -2.38. The van der Waals surface area contributed by atoms with Gasteiger partial charge in [-0.05, 0) is 43.4 Å². The Morgan fingerprint density at radius 2 is 1.90 bits per heavy atom. The Kier molecular flexibility index (Phi) is 5.48. The molecule has 2 aliphatic heterocycles. The molecule has 0 saturated carbocycles. The third-order valence-electron chi connectivity index (χ3n) is 4.61. The number of rotatable bonds is 3. The summed E-state index contributed by atoms with van der Waals surface area (Å²) in [5.74, 6) is 0.865. The lowest BCUT2D eigenvalue weighted by atomic mass is 9.78. The van der Waals surface area contributed by atoms with E-state index in [1.54, 1.807) is 0 Å². The summed E-state index contributed by atoms with van der Waals surface area (Å²) in [6, 6.07) is 9.52. The predicted molar refractivity (Wildman–Crippen MR) is 84.9 cm³/mol. The summed E-state index contributed by atoms with van der Waals surface area (Å²) in [5, 5.41) is 3.45. The van der Waals surface area contributed by atoms with E-state index < -0.39 is 0 Å². The molecule has 3 rings (SSSR count). The molecular weight excluding hydrogens is 288 g/mol. The summed E-state index contributed by atoms with van der Waals surface area (Å²) in [4.78, 5) is 14.1. The third-order valence-corrected chi connectivity index (χ3v) is 4.61. The minimum atomic E-state index is 0. The molecule has 1 aromatic carbocycles. The lowest BCUT2D eigenvalue weighted by Crippen LogP contribution is -2.45. The molecule has 1 amide bonds. The summed E-state index contributed by atoms with van der Waals surface area (Å²) >= 11 is 0. The largest absolute Gasteiger partial charge is 0.484 e. The van der Waals surface area contributed by atoms with Crippen molar-refractivity contribution in [2.45, 2.75) is 19.3 Å². The van der Waals surface area contributed by atoms with Crippen LogP contribution in [0.2, 0.25) is 0 Å². The number of hydrogen-bond acceptors (Lipinski definition) is 3. The number of carbonyl (C=O) groups is 1. The molecule has 2 aliphatic rings. The lowest BCUT2D eigenvalue weighted by molar-refractivity contribution is -0.135. The highest BCUT2D eigenvalue weighted by Gasteiger charge is 2.37. The first-order chi connectivity index (χ1) is 9.77. The van der Waals surface area contributed by atoms with Crippen LogP contribution in [-0.2, 0) is 4.79 Å². The summed E-state index contributed by atoms with van der Waals surface area (Å²) in [6.07, 6.45) is 3.50. The normalized spacial score (nSPS) is 20.1. The van der Waals surface area contributed by atoms with Crippen molar-refractivity contribution in [1.29, 1.82) is 0 Å². The number of carbonyl (C=O) groups excluding carboxylic acids is 1. The highest BCUT2D eigenvalue weighted by atomic mass is 35.5. The van der Waals surface area contributed by atoms with Crippen LogP contribution in [-0.4, -0.2) is 43.6 Å². The first-order valence-electron chi connectivity index (χ1n) is 7.44. The fourth-order valence-electron chi connectivity index (χ4n) is 3.21.